The number of carbonyl (C=O) groups excluding carboxylic acids is 1. The fraction of sp³-hybridized carbons (Fsp3) is 0.400. The number of piperazine rings is 1. The van der Waals surface area contributed by atoms with Crippen molar-refractivity contribution in [3.05, 3.63) is 59.5 Å². The van der Waals surface area contributed by atoms with Crippen LogP contribution in [-0.4, -0.2) is 55.7 Å². The van der Waals surface area contributed by atoms with Gasteiger partial charge in [-0.2, -0.15) is 0 Å². The third-order valence-electron chi connectivity index (χ3n) is 4.68. The van der Waals surface area contributed by atoms with Gasteiger partial charge >= 0.3 is 6.03 Å². The molecule has 0 saturated carbocycles. The van der Waals surface area contributed by atoms with Crippen molar-refractivity contribution >= 4 is 11.8 Å². The average Bonchev–Trinajstić information content (AvgIpc) is 2.67. The molecule has 1 saturated heterocycles. The van der Waals surface area contributed by atoms with Gasteiger partial charge in [0.05, 0.1) is 0 Å². The number of amides is 2. The number of nitrogens with zero attached hydrogens (tertiary/aromatic N) is 3. The molecular weight excluding hydrogens is 345 g/mol. The number of nitrogens with one attached hydrogen (secondary N) is 2. The standard InChI is InChI=1S/C20H26FN5O/c1-25-9-11-26(12-10-25)19-14-17(6-7-22-19)15-24-20(27)23-8-5-16-3-2-4-18(21)13-16/h2-4,6-7,13-14H,5,8-12,15H2,1H3,(H2,23,24,27). The van der Waals surface area contributed by atoms with Gasteiger partial charge in [0.1, 0.15) is 11.6 Å². The Kier molecular flexibility index (Phi) is 6.59. The third-order valence-corrected chi connectivity index (χ3v) is 4.68. The molecule has 1 aliphatic rings. The highest BCUT2D eigenvalue weighted by Gasteiger charge is 2.15. The summed E-state index contributed by atoms with van der Waals surface area (Å²) in [5.74, 6) is 0.694. The Balaban J connectivity index is 1.42. The predicted octanol–water partition coefficient (Wildman–Crippen LogP) is 2.01. The molecule has 1 aromatic carbocycles. The zero-order valence-electron chi connectivity index (χ0n) is 15.6. The first-order chi connectivity index (χ1) is 13.1. The van der Waals surface area contributed by atoms with Crippen LogP contribution in [0.3, 0.4) is 0 Å². The van der Waals surface area contributed by atoms with Crippen LogP contribution in [0.25, 0.3) is 0 Å². The molecule has 0 radical (unpaired) electrons. The molecule has 27 heavy (non-hydrogen) atoms. The molecule has 0 bridgehead atoms. The van der Waals surface area contributed by atoms with E-state index in [0.29, 0.717) is 19.5 Å². The number of anilines is 1. The van der Waals surface area contributed by atoms with Crippen molar-refractivity contribution in [2.24, 2.45) is 0 Å². The molecule has 2 amide bonds. The second kappa shape index (κ2) is 9.32. The van der Waals surface area contributed by atoms with Gasteiger partial charge in [-0.05, 0) is 48.9 Å². The number of benzene rings is 1. The van der Waals surface area contributed by atoms with Crippen molar-refractivity contribution in [1.29, 1.82) is 0 Å². The molecular formula is C20H26FN5O. The predicted molar refractivity (Wildman–Crippen MR) is 104 cm³/mol. The Bertz CT molecular complexity index is 762. The van der Waals surface area contributed by atoms with E-state index in [4.69, 9.17) is 0 Å². The van der Waals surface area contributed by atoms with E-state index >= 15 is 0 Å². The number of hydrogen-bond acceptors (Lipinski definition) is 4. The van der Waals surface area contributed by atoms with Crippen molar-refractivity contribution in [1.82, 2.24) is 20.5 Å². The molecule has 1 fully saturated rings. The van der Waals surface area contributed by atoms with Gasteiger partial charge in [0.2, 0.25) is 0 Å². The molecule has 0 atom stereocenters. The topological polar surface area (TPSA) is 60.5 Å². The van der Waals surface area contributed by atoms with Gasteiger partial charge in [-0.3, -0.25) is 0 Å². The molecule has 2 aromatic rings. The number of likely N-dealkylation sites (N-methyl/N-ethyl adjacent to an activating group) is 1. The summed E-state index contributed by atoms with van der Waals surface area (Å²) >= 11 is 0. The van der Waals surface area contributed by atoms with Crippen LogP contribution in [0.4, 0.5) is 15.0 Å². The number of halogens is 1. The molecule has 6 nitrogen and oxygen atoms in total. The van der Waals surface area contributed by atoms with Gasteiger partial charge in [-0.25, -0.2) is 14.2 Å². The minimum Gasteiger partial charge on any atom is -0.354 e. The van der Waals surface area contributed by atoms with E-state index < -0.39 is 0 Å². The first-order valence-electron chi connectivity index (χ1n) is 9.25. The SMILES string of the molecule is CN1CCN(c2cc(CNC(=O)NCCc3cccc(F)c3)ccn2)CC1. The van der Waals surface area contributed by atoms with E-state index in [-0.39, 0.29) is 11.8 Å². The maximum atomic E-state index is 13.1. The van der Waals surface area contributed by atoms with Crippen molar-refractivity contribution < 1.29 is 9.18 Å². The van der Waals surface area contributed by atoms with Gasteiger partial charge < -0.3 is 20.4 Å². The third kappa shape index (κ3) is 5.92. The lowest BCUT2D eigenvalue weighted by molar-refractivity contribution is 0.240. The van der Waals surface area contributed by atoms with Crippen LogP contribution in [0.2, 0.25) is 0 Å². The molecule has 0 unspecified atom stereocenters. The second-order valence-corrected chi connectivity index (χ2v) is 6.80. The summed E-state index contributed by atoms with van der Waals surface area (Å²) in [6, 6.07) is 10.1. The van der Waals surface area contributed by atoms with E-state index in [0.717, 1.165) is 43.1 Å². The summed E-state index contributed by atoms with van der Waals surface area (Å²) in [5, 5.41) is 5.65. The van der Waals surface area contributed by atoms with Crippen LogP contribution < -0.4 is 15.5 Å². The Labute approximate surface area is 159 Å². The summed E-state index contributed by atoms with van der Waals surface area (Å²) in [4.78, 5) is 21.0. The Morgan fingerprint density at radius 1 is 1.11 bits per heavy atom. The first kappa shape index (κ1) is 19.1. The molecule has 7 heteroatoms. The molecule has 3 rings (SSSR count). The second-order valence-electron chi connectivity index (χ2n) is 6.80. The highest BCUT2D eigenvalue weighted by molar-refractivity contribution is 5.73. The largest absolute Gasteiger partial charge is 0.354 e. The maximum Gasteiger partial charge on any atom is 0.315 e. The summed E-state index contributed by atoms with van der Waals surface area (Å²) in [5.41, 5.74) is 1.88. The van der Waals surface area contributed by atoms with E-state index in [2.05, 4.69) is 32.5 Å². The minimum absolute atomic E-state index is 0.232. The van der Waals surface area contributed by atoms with Crippen LogP contribution in [0, 0.1) is 5.82 Å². The number of hydrogen-bond donors (Lipinski definition) is 2. The number of pyridine rings is 1. The summed E-state index contributed by atoms with van der Waals surface area (Å²) < 4.78 is 13.1. The Morgan fingerprint density at radius 2 is 1.93 bits per heavy atom. The molecule has 0 spiro atoms. The molecule has 1 aliphatic heterocycles. The zero-order valence-corrected chi connectivity index (χ0v) is 15.6. The van der Waals surface area contributed by atoms with Gasteiger partial charge in [0.25, 0.3) is 0 Å². The number of aromatic nitrogens is 1. The van der Waals surface area contributed by atoms with Crippen LogP contribution in [0.5, 0.6) is 0 Å². The van der Waals surface area contributed by atoms with Gasteiger partial charge in [0, 0.05) is 45.5 Å². The molecule has 0 aliphatic carbocycles. The lowest BCUT2D eigenvalue weighted by Crippen LogP contribution is -2.44. The van der Waals surface area contributed by atoms with Gasteiger partial charge in [-0.15, -0.1) is 0 Å². The van der Waals surface area contributed by atoms with E-state index in [1.165, 1.54) is 12.1 Å². The highest BCUT2D eigenvalue weighted by Crippen LogP contribution is 2.14. The Morgan fingerprint density at radius 3 is 2.70 bits per heavy atom. The fourth-order valence-corrected chi connectivity index (χ4v) is 3.04. The zero-order chi connectivity index (χ0) is 19.1. The summed E-state index contributed by atoms with van der Waals surface area (Å²) in [6.45, 7) is 4.87. The Hall–Kier alpha value is -2.67. The summed E-state index contributed by atoms with van der Waals surface area (Å²) in [7, 11) is 2.12. The van der Waals surface area contributed by atoms with Crippen LogP contribution >= 0.6 is 0 Å². The number of urea groups is 1. The monoisotopic (exact) mass is 371 g/mol. The molecule has 144 valence electrons. The lowest BCUT2D eigenvalue weighted by atomic mass is 10.1. The molecule has 1 aromatic heterocycles. The van der Waals surface area contributed by atoms with Crippen LogP contribution in [-0.2, 0) is 13.0 Å². The molecule has 2 heterocycles. The minimum atomic E-state index is -0.259. The fourth-order valence-electron chi connectivity index (χ4n) is 3.04. The van der Waals surface area contributed by atoms with Crippen LogP contribution in [0.1, 0.15) is 11.1 Å². The number of rotatable bonds is 6. The van der Waals surface area contributed by atoms with Crippen molar-refractivity contribution in [3.63, 3.8) is 0 Å². The number of carbonyl (C=O) groups is 1. The van der Waals surface area contributed by atoms with Crippen molar-refractivity contribution in [2.45, 2.75) is 13.0 Å². The quantitative estimate of drug-likeness (QED) is 0.816. The average molecular weight is 371 g/mol. The summed E-state index contributed by atoms with van der Waals surface area (Å²) in [6.07, 6.45) is 2.38. The van der Waals surface area contributed by atoms with E-state index in [1.54, 1.807) is 12.3 Å². The normalized spacial score (nSPS) is 14.8. The highest BCUT2D eigenvalue weighted by atomic mass is 19.1. The lowest BCUT2D eigenvalue weighted by Gasteiger charge is -2.33. The first-order valence-corrected chi connectivity index (χ1v) is 9.25. The van der Waals surface area contributed by atoms with E-state index in [9.17, 15) is 9.18 Å². The van der Waals surface area contributed by atoms with Crippen molar-refractivity contribution in [2.75, 3.05) is 44.7 Å². The van der Waals surface area contributed by atoms with E-state index in [1.807, 2.05) is 18.2 Å². The smallest absolute Gasteiger partial charge is 0.315 e. The van der Waals surface area contributed by atoms with Crippen LogP contribution in [0.15, 0.2) is 42.6 Å². The van der Waals surface area contributed by atoms with Gasteiger partial charge in [-0.1, -0.05) is 12.1 Å². The van der Waals surface area contributed by atoms with Gasteiger partial charge in [0.15, 0.2) is 0 Å². The van der Waals surface area contributed by atoms with Crippen molar-refractivity contribution in [3.8, 4) is 0 Å². The molecule has 2 N–H and O–H groups in total. The maximum absolute atomic E-state index is 13.1.